The van der Waals surface area contributed by atoms with Crippen LogP contribution in [0.15, 0.2) is 12.1 Å². The standard InChI is InChI=1S/C17H25BO2/c1-11-7-8-12(2)15-10-13(9-14(11)15)18-19-16(3,4)17(5,6)20-18/h7-8,13H,9-10H2,1-6H3. The Morgan fingerprint density at radius 3 is 1.70 bits per heavy atom. The molecule has 0 N–H and O–H groups in total. The van der Waals surface area contributed by atoms with Gasteiger partial charge in [0.25, 0.3) is 0 Å². The fraction of sp³-hybridized carbons (Fsp3) is 0.647. The van der Waals surface area contributed by atoms with Gasteiger partial charge in [-0.1, -0.05) is 12.1 Å². The first-order valence-electron chi connectivity index (χ1n) is 7.65. The second-order valence-electron chi connectivity index (χ2n) is 7.45. The molecule has 2 nitrogen and oxygen atoms in total. The summed E-state index contributed by atoms with van der Waals surface area (Å²) in [7, 11) is -0.0776. The summed E-state index contributed by atoms with van der Waals surface area (Å²) in [5.41, 5.74) is 5.40. The molecule has 1 heterocycles. The highest BCUT2D eigenvalue weighted by Crippen LogP contribution is 2.45. The zero-order valence-corrected chi connectivity index (χ0v) is 13.5. The van der Waals surface area contributed by atoms with E-state index in [4.69, 9.17) is 9.31 Å². The van der Waals surface area contributed by atoms with E-state index in [1.165, 1.54) is 22.3 Å². The fourth-order valence-corrected chi connectivity index (χ4v) is 3.37. The van der Waals surface area contributed by atoms with Gasteiger partial charge in [-0.25, -0.2) is 0 Å². The van der Waals surface area contributed by atoms with Crippen molar-refractivity contribution < 1.29 is 9.31 Å². The third-order valence-corrected chi connectivity index (χ3v) is 5.49. The molecule has 0 unspecified atom stereocenters. The Labute approximate surface area is 123 Å². The van der Waals surface area contributed by atoms with E-state index in [-0.39, 0.29) is 18.3 Å². The fourth-order valence-electron chi connectivity index (χ4n) is 3.37. The lowest BCUT2D eigenvalue weighted by atomic mass is 9.70. The quantitative estimate of drug-likeness (QED) is 0.723. The van der Waals surface area contributed by atoms with Crippen LogP contribution in [0.5, 0.6) is 0 Å². The molecule has 0 spiro atoms. The van der Waals surface area contributed by atoms with Crippen LogP contribution in [0.25, 0.3) is 0 Å². The van der Waals surface area contributed by atoms with E-state index in [0.717, 1.165) is 12.8 Å². The first-order valence-corrected chi connectivity index (χ1v) is 7.65. The largest absolute Gasteiger partial charge is 0.461 e. The molecule has 20 heavy (non-hydrogen) atoms. The normalized spacial score (nSPS) is 24.2. The summed E-state index contributed by atoms with van der Waals surface area (Å²) >= 11 is 0. The highest BCUT2D eigenvalue weighted by atomic mass is 16.7. The Morgan fingerprint density at radius 2 is 1.30 bits per heavy atom. The smallest absolute Gasteiger partial charge is 0.403 e. The monoisotopic (exact) mass is 272 g/mol. The molecule has 1 saturated heterocycles. The van der Waals surface area contributed by atoms with Crippen LogP contribution in [0.2, 0.25) is 5.82 Å². The van der Waals surface area contributed by atoms with Crippen molar-refractivity contribution in [1.82, 2.24) is 0 Å². The number of hydrogen-bond acceptors (Lipinski definition) is 2. The van der Waals surface area contributed by atoms with Gasteiger partial charge in [0.1, 0.15) is 0 Å². The molecule has 2 aliphatic rings. The minimum absolute atomic E-state index is 0.0776. The molecule has 3 rings (SSSR count). The molecule has 0 amide bonds. The van der Waals surface area contributed by atoms with Gasteiger partial charge < -0.3 is 9.31 Å². The Balaban J connectivity index is 1.84. The molecule has 0 saturated carbocycles. The maximum Gasteiger partial charge on any atom is 0.461 e. The van der Waals surface area contributed by atoms with Crippen molar-refractivity contribution in [3.8, 4) is 0 Å². The van der Waals surface area contributed by atoms with E-state index in [2.05, 4.69) is 53.7 Å². The van der Waals surface area contributed by atoms with Gasteiger partial charge in [-0.05, 0) is 76.6 Å². The van der Waals surface area contributed by atoms with Crippen molar-refractivity contribution in [1.29, 1.82) is 0 Å². The van der Waals surface area contributed by atoms with Crippen LogP contribution in [0.4, 0.5) is 0 Å². The van der Waals surface area contributed by atoms with Gasteiger partial charge in [-0.3, -0.25) is 0 Å². The first kappa shape index (κ1) is 14.2. The summed E-state index contributed by atoms with van der Waals surface area (Å²) in [6, 6.07) is 4.47. The number of fused-ring (bicyclic) bond motifs is 1. The summed E-state index contributed by atoms with van der Waals surface area (Å²) < 4.78 is 12.5. The van der Waals surface area contributed by atoms with Gasteiger partial charge in [-0.15, -0.1) is 0 Å². The van der Waals surface area contributed by atoms with Gasteiger partial charge in [0, 0.05) is 5.82 Å². The zero-order valence-electron chi connectivity index (χ0n) is 13.5. The van der Waals surface area contributed by atoms with Gasteiger partial charge in [0.2, 0.25) is 0 Å². The van der Waals surface area contributed by atoms with Crippen molar-refractivity contribution in [2.75, 3.05) is 0 Å². The molecule has 0 aromatic heterocycles. The van der Waals surface area contributed by atoms with Crippen LogP contribution in [0, 0.1) is 13.8 Å². The van der Waals surface area contributed by atoms with Crippen molar-refractivity contribution in [2.24, 2.45) is 0 Å². The second-order valence-corrected chi connectivity index (χ2v) is 7.45. The third kappa shape index (κ3) is 2.03. The molecule has 1 aliphatic heterocycles. The second kappa shape index (κ2) is 4.35. The zero-order chi connectivity index (χ0) is 14.7. The summed E-state index contributed by atoms with van der Waals surface area (Å²) in [6.07, 6.45) is 2.17. The molecular weight excluding hydrogens is 247 g/mol. The summed E-state index contributed by atoms with van der Waals surface area (Å²) in [5, 5.41) is 0. The van der Waals surface area contributed by atoms with Gasteiger partial charge in [0.05, 0.1) is 11.2 Å². The van der Waals surface area contributed by atoms with Crippen LogP contribution in [-0.4, -0.2) is 18.3 Å². The van der Waals surface area contributed by atoms with E-state index < -0.39 is 0 Å². The predicted molar refractivity (Wildman–Crippen MR) is 83.2 cm³/mol. The number of aryl methyl sites for hydroxylation is 2. The minimum atomic E-state index is -0.226. The maximum atomic E-state index is 6.24. The van der Waals surface area contributed by atoms with Crippen molar-refractivity contribution >= 4 is 7.12 Å². The molecule has 0 bridgehead atoms. The lowest BCUT2D eigenvalue weighted by molar-refractivity contribution is 0.00578. The summed E-state index contributed by atoms with van der Waals surface area (Å²) in [6.45, 7) is 12.9. The minimum Gasteiger partial charge on any atom is -0.403 e. The molecule has 1 fully saturated rings. The maximum absolute atomic E-state index is 6.24. The summed E-state index contributed by atoms with van der Waals surface area (Å²) in [5.74, 6) is 0.450. The van der Waals surface area contributed by atoms with Crippen molar-refractivity contribution in [3.05, 3.63) is 34.4 Å². The predicted octanol–water partition coefficient (Wildman–Crippen LogP) is 3.86. The lowest BCUT2D eigenvalue weighted by Gasteiger charge is -2.32. The average Bonchev–Trinajstić information content (AvgIpc) is 2.86. The van der Waals surface area contributed by atoms with Gasteiger partial charge in [-0.2, -0.15) is 0 Å². The van der Waals surface area contributed by atoms with E-state index in [1.54, 1.807) is 0 Å². The van der Waals surface area contributed by atoms with Gasteiger partial charge >= 0.3 is 7.12 Å². The molecule has 0 atom stereocenters. The number of hydrogen-bond donors (Lipinski definition) is 0. The van der Waals surface area contributed by atoms with Crippen LogP contribution in [0.3, 0.4) is 0 Å². The lowest BCUT2D eigenvalue weighted by Crippen LogP contribution is -2.41. The average molecular weight is 272 g/mol. The van der Waals surface area contributed by atoms with Crippen LogP contribution in [0.1, 0.15) is 49.9 Å². The Hall–Kier alpha value is -0.795. The number of benzene rings is 1. The van der Waals surface area contributed by atoms with Crippen LogP contribution in [-0.2, 0) is 22.2 Å². The van der Waals surface area contributed by atoms with Crippen LogP contribution < -0.4 is 0 Å². The van der Waals surface area contributed by atoms with Crippen molar-refractivity contribution in [3.63, 3.8) is 0 Å². The Bertz CT molecular complexity index is 501. The molecule has 108 valence electrons. The van der Waals surface area contributed by atoms with Crippen molar-refractivity contribution in [2.45, 2.75) is 71.4 Å². The van der Waals surface area contributed by atoms with E-state index >= 15 is 0 Å². The highest BCUT2D eigenvalue weighted by molar-refractivity contribution is 6.47. The molecule has 0 radical (unpaired) electrons. The Kier molecular flexibility index (Phi) is 3.08. The molecule has 3 heteroatoms. The molecular formula is C17H25BO2. The Morgan fingerprint density at radius 1 is 0.900 bits per heavy atom. The number of rotatable bonds is 1. The van der Waals surface area contributed by atoms with E-state index in [0.29, 0.717) is 5.82 Å². The molecule has 1 aromatic carbocycles. The van der Waals surface area contributed by atoms with Gasteiger partial charge in [0.15, 0.2) is 0 Å². The summed E-state index contributed by atoms with van der Waals surface area (Å²) in [4.78, 5) is 0. The molecule has 1 aliphatic carbocycles. The van der Waals surface area contributed by atoms with Crippen LogP contribution >= 0.6 is 0 Å². The molecule has 1 aromatic rings. The highest BCUT2D eigenvalue weighted by Gasteiger charge is 2.54. The topological polar surface area (TPSA) is 18.5 Å². The van der Waals surface area contributed by atoms with E-state index in [9.17, 15) is 0 Å². The SMILES string of the molecule is Cc1ccc(C)c2c1CC(B1OC(C)(C)C(C)(C)O1)C2. The van der Waals surface area contributed by atoms with E-state index in [1.807, 2.05) is 0 Å². The third-order valence-electron chi connectivity index (χ3n) is 5.49. The first-order chi connectivity index (χ1) is 9.21.